The topological polar surface area (TPSA) is 58.4 Å². The Bertz CT molecular complexity index is 903. The average Bonchev–Trinajstić information content (AvgIpc) is 3.44. The zero-order chi connectivity index (χ0) is 18.5. The summed E-state index contributed by atoms with van der Waals surface area (Å²) in [6.45, 7) is 1.94. The first-order valence-electron chi connectivity index (χ1n) is 9.06. The first-order chi connectivity index (χ1) is 13.3. The summed E-state index contributed by atoms with van der Waals surface area (Å²) in [6.07, 6.45) is 9.79. The molecule has 1 N–H and O–H groups in total. The molecule has 0 spiro atoms. The zero-order valence-corrected chi connectivity index (χ0v) is 15.7. The molecule has 4 rings (SSSR count). The summed E-state index contributed by atoms with van der Waals surface area (Å²) >= 11 is 1.57. The van der Waals surface area contributed by atoms with Gasteiger partial charge in [-0.25, -0.2) is 4.98 Å². The molecule has 0 unspecified atom stereocenters. The summed E-state index contributed by atoms with van der Waals surface area (Å²) in [7, 11) is 0. The third-order valence-electron chi connectivity index (χ3n) is 4.61. The molecule has 1 aliphatic rings. The van der Waals surface area contributed by atoms with Crippen molar-refractivity contribution in [3.8, 4) is 0 Å². The number of amides is 1. The molecule has 6 heteroatoms. The molecule has 5 nitrogen and oxygen atoms in total. The van der Waals surface area contributed by atoms with Crippen molar-refractivity contribution >= 4 is 29.1 Å². The molecular weight excluding hydrogens is 358 g/mol. The van der Waals surface area contributed by atoms with Crippen LogP contribution < -0.4 is 5.32 Å². The number of likely N-dealkylation sites (tertiary alicyclic amines) is 1. The molecule has 1 saturated heterocycles. The van der Waals surface area contributed by atoms with Gasteiger partial charge in [-0.05, 0) is 61.9 Å². The van der Waals surface area contributed by atoms with Gasteiger partial charge in [0.25, 0.3) is 5.91 Å². The standard InChI is InChI=1S/C21H21N3O2S/c25-21(23-20-9-1-2-12-22-20)19-11-10-18(27-19)17-8-4-14-24(17)13-3-6-16-7-5-15-26-16/h1-3,5-7,9-12,15,17H,4,8,13-14H2,(H,22,23,25)/b6-3+/t17-/m1/s1. The molecule has 0 saturated carbocycles. The maximum absolute atomic E-state index is 12.5. The molecule has 1 amide bonds. The fourth-order valence-electron chi connectivity index (χ4n) is 3.33. The molecule has 0 radical (unpaired) electrons. The maximum atomic E-state index is 12.5. The van der Waals surface area contributed by atoms with E-state index in [9.17, 15) is 4.79 Å². The Morgan fingerprint density at radius 3 is 3.07 bits per heavy atom. The summed E-state index contributed by atoms with van der Waals surface area (Å²) in [6, 6.07) is 13.7. The summed E-state index contributed by atoms with van der Waals surface area (Å²) < 4.78 is 5.34. The Balaban J connectivity index is 1.40. The highest BCUT2D eigenvalue weighted by Crippen LogP contribution is 2.36. The highest BCUT2D eigenvalue weighted by Gasteiger charge is 2.27. The van der Waals surface area contributed by atoms with E-state index in [-0.39, 0.29) is 5.91 Å². The van der Waals surface area contributed by atoms with Gasteiger partial charge < -0.3 is 9.73 Å². The van der Waals surface area contributed by atoms with E-state index < -0.39 is 0 Å². The number of thiophene rings is 1. The van der Waals surface area contributed by atoms with Crippen molar-refractivity contribution in [1.29, 1.82) is 0 Å². The summed E-state index contributed by atoms with van der Waals surface area (Å²) in [5.41, 5.74) is 0. The zero-order valence-electron chi connectivity index (χ0n) is 14.9. The lowest BCUT2D eigenvalue weighted by Gasteiger charge is -2.21. The van der Waals surface area contributed by atoms with Crippen LogP contribution in [0, 0.1) is 0 Å². The Morgan fingerprint density at radius 2 is 2.26 bits per heavy atom. The molecule has 0 aliphatic carbocycles. The van der Waals surface area contributed by atoms with E-state index in [1.54, 1.807) is 29.9 Å². The lowest BCUT2D eigenvalue weighted by Crippen LogP contribution is -2.22. The van der Waals surface area contributed by atoms with E-state index in [0.717, 1.165) is 25.3 Å². The first-order valence-corrected chi connectivity index (χ1v) is 9.87. The van der Waals surface area contributed by atoms with Gasteiger partial charge in [-0.3, -0.25) is 9.69 Å². The van der Waals surface area contributed by atoms with Crippen LogP contribution in [0.1, 0.15) is 39.2 Å². The van der Waals surface area contributed by atoms with E-state index in [4.69, 9.17) is 4.42 Å². The Morgan fingerprint density at radius 1 is 1.30 bits per heavy atom. The second kappa shape index (κ2) is 8.33. The average molecular weight is 379 g/mol. The Hall–Kier alpha value is -2.70. The highest BCUT2D eigenvalue weighted by atomic mass is 32.1. The smallest absolute Gasteiger partial charge is 0.266 e. The molecule has 1 fully saturated rings. The van der Waals surface area contributed by atoms with E-state index >= 15 is 0 Å². The molecule has 0 bridgehead atoms. The maximum Gasteiger partial charge on any atom is 0.266 e. The molecule has 3 aromatic heterocycles. The van der Waals surface area contributed by atoms with Crippen molar-refractivity contribution in [2.45, 2.75) is 18.9 Å². The number of pyridine rings is 1. The second-order valence-corrected chi connectivity index (χ2v) is 7.56. The minimum Gasteiger partial charge on any atom is -0.465 e. The second-order valence-electron chi connectivity index (χ2n) is 6.44. The number of rotatable bonds is 6. The fourth-order valence-corrected chi connectivity index (χ4v) is 4.40. The van der Waals surface area contributed by atoms with Crippen molar-refractivity contribution in [1.82, 2.24) is 9.88 Å². The van der Waals surface area contributed by atoms with Crippen molar-refractivity contribution in [3.05, 3.63) is 76.5 Å². The monoisotopic (exact) mass is 379 g/mol. The van der Waals surface area contributed by atoms with Gasteiger partial charge in [0.15, 0.2) is 0 Å². The van der Waals surface area contributed by atoms with E-state index in [2.05, 4.69) is 27.3 Å². The van der Waals surface area contributed by atoms with Gasteiger partial charge in [0.2, 0.25) is 0 Å². The number of aromatic nitrogens is 1. The van der Waals surface area contributed by atoms with Crippen molar-refractivity contribution < 1.29 is 9.21 Å². The third-order valence-corrected chi connectivity index (χ3v) is 5.80. The van der Waals surface area contributed by atoms with Gasteiger partial charge in [0.05, 0.1) is 11.1 Å². The number of furan rings is 1. The predicted molar refractivity (Wildman–Crippen MR) is 108 cm³/mol. The molecule has 0 aromatic carbocycles. The lowest BCUT2D eigenvalue weighted by atomic mass is 10.2. The summed E-state index contributed by atoms with van der Waals surface area (Å²) in [5, 5.41) is 2.85. The van der Waals surface area contributed by atoms with Crippen LogP contribution in [0.5, 0.6) is 0 Å². The van der Waals surface area contributed by atoms with Gasteiger partial charge in [-0.1, -0.05) is 12.1 Å². The van der Waals surface area contributed by atoms with Gasteiger partial charge in [-0.15, -0.1) is 11.3 Å². The number of nitrogens with zero attached hydrogens (tertiary/aromatic N) is 2. The van der Waals surface area contributed by atoms with Crippen LogP contribution in [0.3, 0.4) is 0 Å². The quantitative estimate of drug-likeness (QED) is 0.666. The number of carbonyl (C=O) groups excluding carboxylic acids is 1. The van der Waals surface area contributed by atoms with Crippen LogP contribution >= 0.6 is 11.3 Å². The molecular formula is C21H21N3O2S. The number of anilines is 1. The normalized spacial score (nSPS) is 17.6. The number of hydrogen-bond acceptors (Lipinski definition) is 5. The van der Waals surface area contributed by atoms with Crippen LogP contribution in [0.2, 0.25) is 0 Å². The van der Waals surface area contributed by atoms with E-state index in [1.807, 2.05) is 36.4 Å². The van der Waals surface area contributed by atoms with E-state index in [1.165, 1.54) is 11.3 Å². The minimum atomic E-state index is -0.104. The van der Waals surface area contributed by atoms with Gasteiger partial charge in [-0.2, -0.15) is 0 Å². The van der Waals surface area contributed by atoms with Crippen LogP contribution in [0.15, 0.2) is 65.4 Å². The highest BCUT2D eigenvalue weighted by molar-refractivity contribution is 7.14. The Kier molecular flexibility index (Phi) is 5.46. The van der Waals surface area contributed by atoms with Crippen molar-refractivity contribution in [2.75, 3.05) is 18.4 Å². The molecule has 1 atom stereocenters. The van der Waals surface area contributed by atoms with Crippen molar-refractivity contribution in [2.24, 2.45) is 0 Å². The molecule has 3 aromatic rings. The van der Waals surface area contributed by atoms with Crippen LogP contribution in [-0.2, 0) is 0 Å². The largest absolute Gasteiger partial charge is 0.465 e. The third kappa shape index (κ3) is 4.35. The molecule has 1 aliphatic heterocycles. The number of carbonyl (C=O) groups is 1. The number of nitrogens with one attached hydrogen (secondary N) is 1. The van der Waals surface area contributed by atoms with E-state index in [0.29, 0.717) is 16.7 Å². The summed E-state index contributed by atoms with van der Waals surface area (Å²) in [5.74, 6) is 1.34. The fraction of sp³-hybridized carbons (Fsp3) is 0.238. The molecule has 138 valence electrons. The van der Waals surface area contributed by atoms with Crippen LogP contribution in [0.25, 0.3) is 6.08 Å². The van der Waals surface area contributed by atoms with Crippen molar-refractivity contribution in [3.63, 3.8) is 0 Å². The first kappa shape index (κ1) is 17.7. The SMILES string of the molecule is O=C(Nc1ccccn1)c1ccc([C@H]2CCCN2C/C=C/c2ccco2)s1. The Labute approximate surface area is 162 Å². The van der Waals surface area contributed by atoms with Gasteiger partial charge in [0, 0.05) is 23.7 Å². The predicted octanol–water partition coefficient (Wildman–Crippen LogP) is 4.84. The lowest BCUT2D eigenvalue weighted by molar-refractivity contribution is 0.103. The number of hydrogen-bond donors (Lipinski definition) is 1. The van der Waals surface area contributed by atoms with Crippen LogP contribution in [-0.4, -0.2) is 28.9 Å². The molecule has 4 heterocycles. The van der Waals surface area contributed by atoms with Crippen LogP contribution in [0.4, 0.5) is 5.82 Å². The van der Waals surface area contributed by atoms with Gasteiger partial charge >= 0.3 is 0 Å². The molecule has 27 heavy (non-hydrogen) atoms. The summed E-state index contributed by atoms with van der Waals surface area (Å²) in [4.78, 5) is 21.0. The minimum absolute atomic E-state index is 0.104. The van der Waals surface area contributed by atoms with Gasteiger partial charge in [0.1, 0.15) is 11.6 Å².